The second-order valence-corrected chi connectivity index (χ2v) is 5.60. The molecule has 0 unspecified atom stereocenters. The molecule has 1 aromatic carbocycles. The molecular weight excluding hydrogens is 318 g/mol. The van der Waals surface area contributed by atoms with E-state index in [0.29, 0.717) is 13.2 Å². The van der Waals surface area contributed by atoms with Crippen LogP contribution in [0.3, 0.4) is 0 Å². The highest BCUT2D eigenvalue weighted by molar-refractivity contribution is 9.10. The highest BCUT2D eigenvalue weighted by Gasteiger charge is 2.08. The summed E-state index contributed by atoms with van der Waals surface area (Å²) in [5.41, 5.74) is 8.93. The average molecular weight is 338 g/mol. The van der Waals surface area contributed by atoms with E-state index in [0.717, 1.165) is 40.0 Å². The molecule has 1 heterocycles. The van der Waals surface area contributed by atoms with Crippen molar-refractivity contribution < 1.29 is 4.74 Å². The highest BCUT2D eigenvalue weighted by Crippen LogP contribution is 2.24. The normalized spacial score (nSPS) is 10.8. The van der Waals surface area contributed by atoms with Gasteiger partial charge in [0, 0.05) is 11.5 Å². The summed E-state index contributed by atoms with van der Waals surface area (Å²) in [6, 6.07) is 8.10. The Kier molecular flexibility index (Phi) is 5.20. The summed E-state index contributed by atoms with van der Waals surface area (Å²) >= 11 is 3.48. The lowest BCUT2D eigenvalue weighted by molar-refractivity contribution is 0.292. The zero-order valence-corrected chi connectivity index (χ0v) is 13.5. The lowest BCUT2D eigenvalue weighted by Crippen LogP contribution is -2.07. The predicted octanol–water partition coefficient (Wildman–Crippen LogP) is 2.83. The number of hydrogen-bond acceptors (Lipinski definition) is 3. The first-order chi connectivity index (χ1) is 9.63. The number of ether oxygens (including phenoxy) is 1. The molecule has 0 bridgehead atoms. The SMILES string of the molecule is CCc1cc(COc2ccc(Br)cc2CCN)n(C)n1. The molecule has 0 saturated carbocycles. The molecule has 0 radical (unpaired) electrons. The molecule has 0 atom stereocenters. The minimum atomic E-state index is 0.517. The smallest absolute Gasteiger partial charge is 0.130 e. The molecule has 4 nitrogen and oxygen atoms in total. The Morgan fingerprint density at radius 1 is 1.35 bits per heavy atom. The van der Waals surface area contributed by atoms with E-state index in [2.05, 4.69) is 40.1 Å². The Morgan fingerprint density at radius 3 is 2.80 bits per heavy atom. The molecule has 1 aromatic heterocycles. The van der Waals surface area contributed by atoms with Crippen molar-refractivity contribution >= 4 is 15.9 Å². The van der Waals surface area contributed by atoms with Gasteiger partial charge in [0.1, 0.15) is 12.4 Å². The van der Waals surface area contributed by atoms with Crippen LogP contribution in [0.2, 0.25) is 0 Å². The van der Waals surface area contributed by atoms with Gasteiger partial charge in [-0.15, -0.1) is 0 Å². The fourth-order valence-electron chi connectivity index (χ4n) is 2.07. The molecule has 0 aliphatic carbocycles. The molecule has 0 aliphatic heterocycles. The van der Waals surface area contributed by atoms with Gasteiger partial charge in [0.05, 0.1) is 11.4 Å². The molecule has 2 rings (SSSR count). The topological polar surface area (TPSA) is 53.1 Å². The van der Waals surface area contributed by atoms with Crippen molar-refractivity contribution in [3.63, 3.8) is 0 Å². The molecule has 2 aromatic rings. The van der Waals surface area contributed by atoms with Gasteiger partial charge in [0.15, 0.2) is 0 Å². The van der Waals surface area contributed by atoms with Crippen molar-refractivity contribution in [1.82, 2.24) is 9.78 Å². The van der Waals surface area contributed by atoms with Gasteiger partial charge < -0.3 is 10.5 Å². The third-order valence-electron chi connectivity index (χ3n) is 3.20. The zero-order chi connectivity index (χ0) is 14.5. The molecule has 108 valence electrons. The van der Waals surface area contributed by atoms with E-state index < -0.39 is 0 Å². The molecule has 5 heteroatoms. The molecule has 0 spiro atoms. The first-order valence-corrected chi connectivity index (χ1v) is 7.56. The van der Waals surface area contributed by atoms with Crippen molar-refractivity contribution in [1.29, 1.82) is 0 Å². The van der Waals surface area contributed by atoms with Crippen LogP contribution in [0.25, 0.3) is 0 Å². The number of nitrogens with zero attached hydrogens (tertiary/aromatic N) is 2. The van der Waals surface area contributed by atoms with Crippen molar-refractivity contribution in [2.24, 2.45) is 12.8 Å². The molecule has 0 amide bonds. The van der Waals surface area contributed by atoms with Crippen LogP contribution in [-0.2, 0) is 26.5 Å². The van der Waals surface area contributed by atoms with Crippen LogP contribution in [-0.4, -0.2) is 16.3 Å². The van der Waals surface area contributed by atoms with Gasteiger partial charge in [-0.25, -0.2) is 0 Å². The van der Waals surface area contributed by atoms with E-state index in [9.17, 15) is 0 Å². The van der Waals surface area contributed by atoms with Gasteiger partial charge >= 0.3 is 0 Å². The van der Waals surface area contributed by atoms with Gasteiger partial charge in [-0.3, -0.25) is 4.68 Å². The van der Waals surface area contributed by atoms with E-state index in [1.807, 2.05) is 23.9 Å². The van der Waals surface area contributed by atoms with Gasteiger partial charge in [-0.1, -0.05) is 22.9 Å². The number of halogens is 1. The van der Waals surface area contributed by atoms with Crippen LogP contribution in [0.5, 0.6) is 5.75 Å². The Morgan fingerprint density at radius 2 is 2.15 bits per heavy atom. The van der Waals surface area contributed by atoms with E-state index in [1.54, 1.807) is 0 Å². The van der Waals surface area contributed by atoms with E-state index in [4.69, 9.17) is 10.5 Å². The van der Waals surface area contributed by atoms with E-state index in [1.165, 1.54) is 0 Å². The monoisotopic (exact) mass is 337 g/mol. The van der Waals surface area contributed by atoms with Gasteiger partial charge in [-0.2, -0.15) is 5.10 Å². The van der Waals surface area contributed by atoms with Gasteiger partial charge in [0.2, 0.25) is 0 Å². The quantitative estimate of drug-likeness (QED) is 0.881. The van der Waals surface area contributed by atoms with Gasteiger partial charge in [0.25, 0.3) is 0 Å². The number of rotatable bonds is 6. The molecule has 20 heavy (non-hydrogen) atoms. The third kappa shape index (κ3) is 3.61. The largest absolute Gasteiger partial charge is 0.487 e. The summed E-state index contributed by atoms with van der Waals surface area (Å²) in [6.07, 6.45) is 1.74. The minimum Gasteiger partial charge on any atom is -0.487 e. The van der Waals surface area contributed by atoms with Crippen LogP contribution in [0.1, 0.15) is 23.9 Å². The summed E-state index contributed by atoms with van der Waals surface area (Å²) in [5, 5.41) is 4.42. The summed E-state index contributed by atoms with van der Waals surface area (Å²) in [4.78, 5) is 0. The standard InChI is InChI=1S/C15H20BrN3O/c1-3-13-9-14(19(2)18-13)10-20-15-5-4-12(16)8-11(15)6-7-17/h4-5,8-9H,3,6-7,10,17H2,1-2H3. The second kappa shape index (κ2) is 6.90. The summed E-state index contributed by atoms with van der Waals surface area (Å²) in [6.45, 7) is 3.22. The lowest BCUT2D eigenvalue weighted by Gasteiger charge is -2.11. The van der Waals surface area contributed by atoms with Crippen LogP contribution in [0.4, 0.5) is 0 Å². The van der Waals surface area contributed by atoms with Crippen molar-refractivity contribution in [3.05, 3.63) is 45.7 Å². The highest BCUT2D eigenvalue weighted by atomic mass is 79.9. The zero-order valence-electron chi connectivity index (χ0n) is 11.9. The van der Waals surface area contributed by atoms with Gasteiger partial charge in [-0.05, 0) is 49.2 Å². The summed E-state index contributed by atoms with van der Waals surface area (Å²) < 4.78 is 8.85. The Balaban J connectivity index is 2.11. The Bertz CT molecular complexity index is 580. The minimum absolute atomic E-state index is 0.517. The molecule has 0 fully saturated rings. The maximum Gasteiger partial charge on any atom is 0.130 e. The lowest BCUT2D eigenvalue weighted by atomic mass is 10.1. The van der Waals surface area contributed by atoms with E-state index >= 15 is 0 Å². The van der Waals surface area contributed by atoms with Crippen LogP contribution >= 0.6 is 15.9 Å². The first-order valence-electron chi connectivity index (χ1n) is 6.77. The summed E-state index contributed by atoms with van der Waals surface area (Å²) in [7, 11) is 1.94. The molecular formula is C15H20BrN3O. The van der Waals surface area contributed by atoms with E-state index in [-0.39, 0.29) is 0 Å². The van der Waals surface area contributed by atoms with Crippen LogP contribution < -0.4 is 10.5 Å². The fraction of sp³-hybridized carbons (Fsp3) is 0.400. The third-order valence-corrected chi connectivity index (χ3v) is 3.69. The Hall–Kier alpha value is -1.33. The maximum absolute atomic E-state index is 5.93. The fourth-order valence-corrected chi connectivity index (χ4v) is 2.48. The second-order valence-electron chi connectivity index (χ2n) is 4.68. The number of hydrogen-bond donors (Lipinski definition) is 1. The number of aromatic nitrogens is 2. The van der Waals surface area contributed by atoms with Crippen molar-refractivity contribution in [2.75, 3.05) is 6.54 Å². The number of benzene rings is 1. The summed E-state index contributed by atoms with van der Waals surface area (Å²) in [5.74, 6) is 0.887. The maximum atomic E-state index is 5.93. The molecule has 2 N–H and O–H groups in total. The molecule has 0 saturated heterocycles. The van der Waals surface area contributed by atoms with Crippen molar-refractivity contribution in [2.45, 2.75) is 26.4 Å². The number of aryl methyl sites for hydroxylation is 2. The number of nitrogens with two attached hydrogens (primary N) is 1. The average Bonchev–Trinajstić information content (AvgIpc) is 2.79. The van der Waals surface area contributed by atoms with Crippen molar-refractivity contribution in [3.8, 4) is 5.75 Å². The molecule has 0 aliphatic rings. The Labute approximate surface area is 128 Å². The van der Waals surface area contributed by atoms with Crippen LogP contribution in [0.15, 0.2) is 28.7 Å². The predicted molar refractivity (Wildman–Crippen MR) is 83.8 cm³/mol. The first kappa shape index (κ1) is 15.1. The van der Waals surface area contributed by atoms with Crippen LogP contribution in [0, 0.1) is 0 Å².